The fourth-order valence-electron chi connectivity index (χ4n) is 3.12. The van der Waals surface area contributed by atoms with Crippen LogP contribution in [0.5, 0.6) is 0 Å². The van der Waals surface area contributed by atoms with Crippen molar-refractivity contribution >= 4 is 11.8 Å². The minimum absolute atomic E-state index is 0.237. The molecule has 0 unspecified atom stereocenters. The van der Waals surface area contributed by atoms with Crippen LogP contribution in [0.1, 0.15) is 6.42 Å². The molecule has 0 fully saturated rings. The molecule has 0 aliphatic carbocycles. The van der Waals surface area contributed by atoms with Crippen molar-refractivity contribution in [1.82, 2.24) is 14.5 Å². The van der Waals surface area contributed by atoms with E-state index in [1.54, 1.807) is 12.4 Å². The topological polar surface area (TPSA) is 30.7 Å². The molecule has 28 heavy (non-hydrogen) atoms. The van der Waals surface area contributed by atoms with Gasteiger partial charge in [0.1, 0.15) is 5.82 Å². The molecule has 0 bridgehead atoms. The summed E-state index contributed by atoms with van der Waals surface area (Å²) in [5.74, 6) is 0.787. The van der Waals surface area contributed by atoms with Crippen LogP contribution in [0.3, 0.4) is 0 Å². The summed E-state index contributed by atoms with van der Waals surface area (Å²) in [6, 6.07) is 20.9. The van der Waals surface area contributed by atoms with Gasteiger partial charge in [-0.1, -0.05) is 18.2 Å². The van der Waals surface area contributed by atoms with Crippen molar-refractivity contribution in [2.45, 2.75) is 17.9 Å². The smallest absolute Gasteiger partial charge is 0.123 e. The number of hydrogen-bond acceptors (Lipinski definition) is 3. The molecule has 4 rings (SSSR count). The van der Waals surface area contributed by atoms with Gasteiger partial charge >= 0.3 is 0 Å². The first kappa shape index (κ1) is 18.4. The molecule has 0 atom stereocenters. The average Bonchev–Trinajstić information content (AvgIpc) is 3.17. The number of imidazole rings is 1. The second-order valence-corrected chi connectivity index (χ2v) is 7.56. The Morgan fingerprint density at radius 3 is 2.36 bits per heavy atom. The van der Waals surface area contributed by atoms with Crippen LogP contribution >= 0.6 is 11.8 Å². The highest BCUT2D eigenvalue weighted by atomic mass is 32.2. The number of nitrogens with zero attached hydrogens (tertiary/aromatic N) is 3. The molecule has 2 aromatic heterocycles. The standard InChI is InChI=1S/C23H20FN3S/c24-20-9-7-19(8-10-20)23-22(18-11-13-25-14-12-18)26-17-27(23)15-4-16-28-21-5-2-1-3-6-21/h1-3,5-14,17H,4,15-16H2. The summed E-state index contributed by atoms with van der Waals surface area (Å²) < 4.78 is 15.6. The van der Waals surface area contributed by atoms with Gasteiger partial charge in [0.05, 0.1) is 17.7 Å². The number of benzene rings is 2. The Morgan fingerprint density at radius 1 is 0.857 bits per heavy atom. The van der Waals surface area contributed by atoms with Crippen molar-refractivity contribution in [3.8, 4) is 22.5 Å². The first-order chi connectivity index (χ1) is 13.8. The maximum Gasteiger partial charge on any atom is 0.123 e. The van der Waals surface area contributed by atoms with E-state index in [2.05, 4.69) is 38.8 Å². The third kappa shape index (κ3) is 4.31. The van der Waals surface area contributed by atoms with Gasteiger partial charge in [0.15, 0.2) is 0 Å². The first-order valence-corrected chi connectivity index (χ1v) is 10.2. The summed E-state index contributed by atoms with van der Waals surface area (Å²) in [4.78, 5) is 10.0. The van der Waals surface area contributed by atoms with Crippen LogP contribution in [-0.4, -0.2) is 20.3 Å². The van der Waals surface area contributed by atoms with E-state index in [0.717, 1.165) is 41.2 Å². The molecule has 2 aromatic carbocycles. The SMILES string of the molecule is Fc1ccc(-c2c(-c3ccncc3)ncn2CCCSc2ccccc2)cc1. The van der Waals surface area contributed by atoms with Crippen molar-refractivity contribution in [1.29, 1.82) is 0 Å². The number of aromatic nitrogens is 3. The molecule has 0 amide bonds. The molecule has 0 spiro atoms. The zero-order chi connectivity index (χ0) is 19.2. The fourth-order valence-corrected chi connectivity index (χ4v) is 3.98. The molecule has 0 saturated heterocycles. The zero-order valence-corrected chi connectivity index (χ0v) is 16.1. The van der Waals surface area contributed by atoms with Crippen LogP contribution < -0.4 is 0 Å². The van der Waals surface area contributed by atoms with Gasteiger partial charge in [-0.05, 0) is 60.7 Å². The van der Waals surface area contributed by atoms with Crippen LogP contribution in [0.2, 0.25) is 0 Å². The number of rotatable bonds is 7. The Balaban J connectivity index is 1.56. The molecule has 0 N–H and O–H groups in total. The molecule has 0 saturated carbocycles. The normalized spacial score (nSPS) is 10.9. The highest BCUT2D eigenvalue weighted by molar-refractivity contribution is 7.99. The van der Waals surface area contributed by atoms with E-state index in [1.165, 1.54) is 17.0 Å². The number of aryl methyl sites for hydroxylation is 1. The number of pyridine rings is 1. The predicted octanol–water partition coefficient (Wildman–Crippen LogP) is 5.93. The monoisotopic (exact) mass is 389 g/mol. The van der Waals surface area contributed by atoms with Crippen LogP contribution in [0, 0.1) is 5.82 Å². The largest absolute Gasteiger partial charge is 0.330 e. The fraction of sp³-hybridized carbons (Fsp3) is 0.130. The summed E-state index contributed by atoms with van der Waals surface area (Å²) in [6.07, 6.45) is 6.42. The molecule has 140 valence electrons. The van der Waals surface area contributed by atoms with Crippen LogP contribution in [0.25, 0.3) is 22.5 Å². The van der Waals surface area contributed by atoms with Gasteiger partial charge in [-0.2, -0.15) is 0 Å². The van der Waals surface area contributed by atoms with E-state index in [9.17, 15) is 4.39 Å². The summed E-state index contributed by atoms with van der Waals surface area (Å²) in [5, 5.41) is 0. The minimum atomic E-state index is -0.237. The van der Waals surface area contributed by atoms with E-state index in [-0.39, 0.29) is 5.82 Å². The van der Waals surface area contributed by atoms with Gasteiger partial charge in [-0.3, -0.25) is 4.98 Å². The number of halogens is 1. The highest BCUT2D eigenvalue weighted by Gasteiger charge is 2.15. The molecular formula is C23H20FN3S. The van der Waals surface area contributed by atoms with Gasteiger partial charge < -0.3 is 4.57 Å². The minimum Gasteiger partial charge on any atom is -0.330 e. The van der Waals surface area contributed by atoms with E-state index in [4.69, 9.17) is 0 Å². The Kier molecular flexibility index (Phi) is 5.83. The zero-order valence-electron chi connectivity index (χ0n) is 15.3. The summed E-state index contributed by atoms with van der Waals surface area (Å²) in [5.41, 5.74) is 3.87. The Morgan fingerprint density at radius 2 is 1.61 bits per heavy atom. The lowest BCUT2D eigenvalue weighted by atomic mass is 10.1. The van der Waals surface area contributed by atoms with Crippen molar-refractivity contribution in [3.63, 3.8) is 0 Å². The first-order valence-electron chi connectivity index (χ1n) is 9.20. The van der Waals surface area contributed by atoms with E-state index in [0.29, 0.717) is 0 Å². The van der Waals surface area contributed by atoms with Crippen molar-refractivity contribution < 1.29 is 4.39 Å². The summed E-state index contributed by atoms with van der Waals surface area (Å²) in [7, 11) is 0. The number of hydrogen-bond donors (Lipinski definition) is 0. The second-order valence-electron chi connectivity index (χ2n) is 6.39. The molecule has 4 aromatic rings. The lowest BCUT2D eigenvalue weighted by molar-refractivity contribution is 0.628. The van der Waals surface area contributed by atoms with Crippen LogP contribution in [0.4, 0.5) is 4.39 Å². The van der Waals surface area contributed by atoms with Crippen molar-refractivity contribution in [2.75, 3.05) is 5.75 Å². The van der Waals surface area contributed by atoms with Gasteiger partial charge in [0.25, 0.3) is 0 Å². The van der Waals surface area contributed by atoms with Gasteiger partial charge in [0, 0.05) is 35.0 Å². The third-order valence-corrected chi connectivity index (χ3v) is 5.56. The molecule has 2 heterocycles. The molecule has 5 heteroatoms. The second kappa shape index (κ2) is 8.85. The van der Waals surface area contributed by atoms with Gasteiger partial charge in [-0.15, -0.1) is 11.8 Å². The lowest BCUT2D eigenvalue weighted by Crippen LogP contribution is -2.01. The summed E-state index contributed by atoms with van der Waals surface area (Å²) >= 11 is 1.85. The molecule has 0 aliphatic heterocycles. The van der Waals surface area contributed by atoms with Crippen LogP contribution in [0.15, 0.2) is 90.3 Å². The third-order valence-electron chi connectivity index (χ3n) is 4.46. The average molecular weight is 389 g/mol. The number of thioether (sulfide) groups is 1. The molecule has 0 aliphatic rings. The maximum absolute atomic E-state index is 13.4. The highest BCUT2D eigenvalue weighted by Crippen LogP contribution is 2.31. The molecule has 0 radical (unpaired) electrons. The van der Waals surface area contributed by atoms with Crippen molar-refractivity contribution in [2.24, 2.45) is 0 Å². The Hall–Kier alpha value is -2.92. The molecule has 3 nitrogen and oxygen atoms in total. The predicted molar refractivity (Wildman–Crippen MR) is 113 cm³/mol. The maximum atomic E-state index is 13.4. The Labute approximate surface area is 168 Å². The van der Waals surface area contributed by atoms with E-state index in [1.807, 2.05) is 48.4 Å². The van der Waals surface area contributed by atoms with Gasteiger partial charge in [-0.25, -0.2) is 9.37 Å². The van der Waals surface area contributed by atoms with Crippen LogP contribution in [-0.2, 0) is 6.54 Å². The van der Waals surface area contributed by atoms with Gasteiger partial charge in [0.2, 0.25) is 0 Å². The Bertz CT molecular complexity index is 1010. The van der Waals surface area contributed by atoms with Crippen molar-refractivity contribution in [3.05, 3.63) is 91.3 Å². The van der Waals surface area contributed by atoms with E-state index < -0.39 is 0 Å². The molecular weight excluding hydrogens is 369 g/mol. The summed E-state index contributed by atoms with van der Waals surface area (Å²) in [6.45, 7) is 0.852. The van der Waals surface area contributed by atoms with E-state index >= 15 is 0 Å². The lowest BCUT2D eigenvalue weighted by Gasteiger charge is -2.11. The quantitative estimate of drug-likeness (QED) is 0.290.